The highest BCUT2D eigenvalue weighted by molar-refractivity contribution is 6.33. The molecule has 0 amide bonds. The second-order valence-electron chi connectivity index (χ2n) is 4.72. The molecule has 0 aliphatic heterocycles. The predicted octanol–water partition coefficient (Wildman–Crippen LogP) is 2.24. The van der Waals surface area contributed by atoms with Gasteiger partial charge in [-0.2, -0.15) is 0 Å². The van der Waals surface area contributed by atoms with Gasteiger partial charge in [0, 0.05) is 6.08 Å². The van der Waals surface area contributed by atoms with Crippen molar-refractivity contribution in [3.63, 3.8) is 0 Å². The van der Waals surface area contributed by atoms with Crippen molar-refractivity contribution in [2.45, 2.75) is 19.8 Å². The van der Waals surface area contributed by atoms with Crippen LogP contribution in [0.15, 0.2) is 46.6 Å². The zero-order chi connectivity index (χ0) is 14.5. The van der Waals surface area contributed by atoms with Gasteiger partial charge in [-0.3, -0.25) is 9.59 Å². The Labute approximate surface area is 117 Å². The molecule has 0 spiro atoms. The van der Waals surface area contributed by atoms with E-state index in [0.29, 0.717) is 11.3 Å². The van der Waals surface area contributed by atoms with Gasteiger partial charge in [-0.15, -0.1) is 0 Å². The number of ketones is 2. The first-order chi connectivity index (χ1) is 9.60. The molecule has 0 atom stereocenters. The molecular formula is C16H16O4. The summed E-state index contributed by atoms with van der Waals surface area (Å²) in [6, 6.07) is 1.78. The van der Waals surface area contributed by atoms with Crippen molar-refractivity contribution in [3.8, 4) is 0 Å². The first kappa shape index (κ1) is 14.2. The molecule has 4 heteroatoms. The Kier molecular flexibility index (Phi) is 4.48. The number of hydrogen-bond donors (Lipinski definition) is 1. The van der Waals surface area contributed by atoms with Crippen LogP contribution in [0.3, 0.4) is 0 Å². The monoisotopic (exact) mass is 272 g/mol. The molecule has 1 aromatic rings. The quantitative estimate of drug-likeness (QED) is 0.659. The van der Waals surface area contributed by atoms with Gasteiger partial charge < -0.3 is 9.52 Å². The highest BCUT2D eigenvalue weighted by Crippen LogP contribution is 2.22. The molecule has 0 bridgehead atoms. The van der Waals surface area contributed by atoms with Crippen LogP contribution in [0.2, 0.25) is 0 Å². The summed E-state index contributed by atoms with van der Waals surface area (Å²) in [6.07, 6.45) is 8.90. The fraction of sp³-hybridized carbons (Fsp3) is 0.250. The lowest BCUT2D eigenvalue weighted by Gasteiger charge is -2.02. The molecule has 0 fully saturated rings. The van der Waals surface area contributed by atoms with Crippen molar-refractivity contribution < 1.29 is 19.1 Å². The van der Waals surface area contributed by atoms with E-state index in [1.807, 2.05) is 13.0 Å². The molecule has 4 nitrogen and oxygen atoms in total. The summed E-state index contributed by atoms with van der Waals surface area (Å²) in [6.45, 7) is 1.93. The largest absolute Gasteiger partial charge is 0.464 e. The zero-order valence-electron chi connectivity index (χ0n) is 11.3. The number of carbonyl (C=O) groups excluding carboxylic acids is 2. The second kappa shape index (κ2) is 6.30. The zero-order valence-corrected chi connectivity index (χ0v) is 11.3. The van der Waals surface area contributed by atoms with Crippen LogP contribution < -0.4 is 0 Å². The number of aliphatic hydroxyl groups is 1. The summed E-state index contributed by atoms with van der Waals surface area (Å²) >= 11 is 0. The molecule has 1 heterocycles. The number of hydrogen-bond acceptors (Lipinski definition) is 4. The van der Waals surface area contributed by atoms with Crippen molar-refractivity contribution in [1.82, 2.24) is 0 Å². The number of rotatable bonds is 5. The topological polar surface area (TPSA) is 67.5 Å². The first-order valence-electron chi connectivity index (χ1n) is 6.42. The van der Waals surface area contributed by atoms with E-state index in [2.05, 4.69) is 0 Å². The van der Waals surface area contributed by atoms with Crippen LogP contribution in [0, 0.1) is 0 Å². The van der Waals surface area contributed by atoms with E-state index in [1.165, 1.54) is 18.2 Å². The fourth-order valence-electron chi connectivity index (χ4n) is 1.90. The SMILES string of the molecule is CC(=CCCc1coc(C2=CC(=O)C=CC2=O)c1)CO. The van der Waals surface area contributed by atoms with Crippen molar-refractivity contribution in [3.05, 3.63) is 53.5 Å². The Morgan fingerprint density at radius 1 is 1.35 bits per heavy atom. The second-order valence-corrected chi connectivity index (χ2v) is 4.72. The van der Waals surface area contributed by atoms with Gasteiger partial charge in [-0.05, 0) is 43.5 Å². The molecule has 0 radical (unpaired) electrons. The molecule has 0 saturated carbocycles. The molecule has 0 unspecified atom stereocenters. The van der Waals surface area contributed by atoms with Gasteiger partial charge in [0.05, 0.1) is 18.4 Å². The van der Waals surface area contributed by atoms with Crippen LogP contribution >= 0.6 is 0 Å². The van der Waals surface area contributed by atoms with E-state index < -0.39 is 0 Å². The molecule has 0 aromatic carbocycles. The molecule has 1 aliphatic carbocycles. The van der Waals surface area contributed by atoms with E-state index in [9.17, 15) is 9.59 Å². The highest BCUT2D eigenvalue weighted by Gasteiger charge is 2.18. The lowest BCUT2D eigenvalue weighted by Crippen LogP contribution is -2.05. The van der Waals surface area contributed by atoms with E-state index >= 15 is 0 Å². The lowest BCUT2D eigenvalue weighted by atomic mass is 10.0. The molecule has 0 saturated heterocycles. The molecule has 1 aliphatic rings. The predicted molar refractivity (Wildman–Crippen MR) is 75.0 cm³/mol. The Balaban J connectivity index is 2.06. The normalized spacial score (nSPS) is 15.7. The number of allylic oxidation sites excluding steroid dienone is 5. The molecular weight excluding hydrogens is 256 g/mol. The minimum Gasteiger partial charge on any atom is -0.464 e. The maximum atomic E-state index is 11.7. The molecule has 2 rings (SSSR count). The maximum absolute atomic E-state index is 11.7. The van der Waals surface area contributed by atoms with E-state index in [-0.39, 0.29) is 18.2 Å². The van der Waals surface area contributed by atoms with Gasteiger partial charge >= 0.3 is 0 Å². The van der Waals surface area contributed by atoms with Gasteiger partial charge in [0.25, 0.3) is 0 Å². The van der Waals surface area contributed by atoms with Gasteiger partial charge in [0.15, 0.2) is 11.6 Å². The summed E-state index contributed by atoms with van der Waals surface area (Å²) in [4.78, 5) is 23.0. The number of furan rings is 1. The summed E-state index contributed by atoms with van der Waals surface area (Å²) in [5.41, 5.74) is 2.18. The Morgan fingerprint density at radius 2 is 2.15 bits per heavy atom. The Hall–Kier alpha value is -2.20. The standard InChI is InChI=1S/C16H16O4/c1-11(9-17)3-2-4-12-7-16(20-10-12)14-8-13(18)5-6-15(14)19/h3,5-8,10,17H,2,4,9H2,1H3. The minimum absolute atomic E-state index is 0.0620. The summed E-state index contributed by atoms with van der Waals surface area (Å²) < 4.78 is 5.36. The van der Waals surface area contributed by atoms with Crippen LogP contribution in [0.4, 0.5) is 0 Å². The molecule has 104 valence electrons. The number of aliphatic hydroxyl groups excluding tert-OH is 1. The van der Waals surface area contributed by atoms with Gasteiger partial charge in [0.2, 0.25) is 0 Å². The van der Waals surface area contributed by atoms with Crippen LogP contribution in [0.1, 0.15) is 24.7 Å². The van der Waals surface area contributed by atoms with E-state index in [0.717, 1.165) is 24.0 Å². The van der Waals surface area contributed by atoms with E-state index in [1.54, 1.807) is 12.3 Å². The van der Waals surface area contributed by atoms with Gasteiger partial charge in [-0.1, -0.05) is 11.6 Å². The average Bonchev–Trinajstić information content (AvgIpc) is 2.90. The minimum atomic E-state index is -0.221. The Morgan fingerprint density at radius 3 is 2.90 bits per heavy atom. The van der Waals surface area contributed by atoms with Crippen LogP contribution in [0.5, 0.6) is 0 Å². The van der Waals surface area contributed by atoms with Crippen LogP contribution in [0.25, 0.3) is 5.57 Å². The summed E-state index contributed by atoms with van der Waals surface area (Å²) in [7, 11) is 0. The van der Waals surface area contributed by atoms with E-state index in [4.69, 9.17) is 9.52 Å². The van der Waals surface area contributed by atoms with Gasteiger partial charge in [-0.25, -0.2) is 0 Å². The summed E-state index contributed by atoms with van der Waals surface area (Å²) in [5.74, 6) is -0.00821. The fourth-order valence-corrected chi connectivity index (χ4v) is 1.90. The average molecular weight is 272 g/mol. The molecule has 1 aromatic heterocycles. The van der Waals surface area contributed by atoms with Gasteiger partial charge in [0.1, 0.15) is 5.76 Å². The highest BCUT2D eigenvalue weighted by atomic mass is 16.3. The number of aryl methyl sites for hydroxylation is 1. The van der Waals surface area contributed by atoms with Crippen molar-refractivity contribution in [2.24, 2.45) is 0 Å². The third-order valence-corrected chi connectivity index (χ3v) is 3.05. The molecule has 1 N–H and O–H groups in total. The smallest absolute Gasteiger partial charge is 0.189 e. The van der Waals surface area contributed by atoms with Crippen molar-refractivity contribution >= 4 is 17.1 Å². The summed E-state index contributed by atoms with van der Waals surface area (Å²) in [5, 5.41) is 8.89. The maximum Gasteiger partial charge on any atom is 0.189 e. The third kappa shape index (κ3) is 3.42. The third-order valence-electron chi connectivity index (χ3n) is 3.05. The lowest BCUT2D eigenvalue weighted by molar-refractivity contribution is -0.113. The van der Waals surface area contributed by atoms with Crippen LogP contribution in [-0.4, -0.2) is 23.3 Å². The molecule has 20 heavy (non-hydrogen) atoms. The first-order valence-corrected chi connectivity index (χ1v) is 6.42. The Bertz CT molecular complexity index is 614. The van der Waals surface area contributed by atoms with Crippen molar-refractivity contribution in [1.29, 1.82) is 0 Å². The number of carbonyl (C=O) groups is 2. The van der Waals surface area contributed by atoms with Crippen molar-refractivity contribution in [2.75, 3.05) is 6.61 Å². The van der Waals surface area contributed by atoms with Crippen LogP contribution in [-0.2, 0) is 16.0 Å².